The molecule has 0 rings (SSSR count). The summed E-state index contributed by atoms with van der Waals surface area (Å²) in [5.41, 5.74) is 0. The van der Waals surface area contributed by atoms with Crippen molar-refractivity contribution in [2.24, 2.45) is 0 Å². The van der Waals surface area contributed by atoms with Crippen LogP contribution in [0.2, 0.25) is 0 Å². The zero-order valence-corrected chi connectivity index (χ0v) is 8.06. The van der Waals surface area contributed by atoms with Gasteiger partial charge in [0.2, 0.25) is 11.3 Å². The molecule has 0 radical (unpaired) electrons. The maximum atomic E-state index is 10.7. The van der Waals surface area contributed by atoms with E-state index < -0.39 is 16.7 Å². The van der Waals surface area contributed by atoms with Crippen LogP contribution in [0.1, 0.15) is 6.42 Å². The van der Waals surface area contributed by atoms with Crippen LogP contribution in [-0.4, -0.2) is 16.9 Å². The zero-order chi connectivity index (χ0) is 10.3. The highest BCUT2D eigenvalue weighted by Crippen LogP contribution is 2.03. The molecule has 0 aliphatic rings. The molecule has 0 N–H and O–H groups in total. The molecule has 0 aromatic rings. The minimum Gasteiger partial charge on any atom is -0.603 e. The van der Waals surface area contributed by atoms with Gasteiger partial charge in [-0.05, 0) is 13.0 Å². The van der Waals surface area contributed by atoms with E-state index in [2.05, 4.69) is 25.6 Å². The van der Waals surface area contributed by atoms with Crippen molar-refractivity contribution in [1.82, 2.24) is 0 Å². The highest BCUT2D eigenvalue weighted by molar-refractivity contribution is 9.09. The van der Waals surface area contributed by atoms with Crippen LogP contribution in [0.25, 0.3) is 4.98 Å². The molecular formula is C5H6BrN3O4. The van der Waals surface area contributed by atoms with E-state index in [0.717, 1.165) is 0 Å². The quantitative estimate of drug-likeness (QED) is 0.176. The van der Waals surface area contributed by atoms with Crippen LogP contribution in [0.3, 0.4) is 0 Å². The third kappa shape index (κ3) is 4.27. The lowest BCUT2D eigenvalue weighted by atomic mass is 10.5. The van der Waals surface area contributed by atoms with Gasteiger partial charge < -0.3 is 9.84 Å². The molecule has 0 amide bonds. The molecule has 0 unspecified atom stereocenters. The predicted octanol–water partition coefficient (Wildman–Crippen LogP) is 0.405. The monoisotopic (exact) mass is 251 g/mol. The van der Waals surface area contributed by atoms with Crippen LogP contribution in [0.5, 0.6) is 0 Å². The normalized spacial score (nSPS) is 11.4. The first kappa shape index (κ1) is 11.6. The van der Waals surface area contributed by atoms with Crippen LogP contribution < -0.4 is 5.11 Å². The minimum atomic E-state index is -1.24. The molecule has 0 aliphatic heterocycles. The SMILES string of the molecule is N#[N+]C(=C([O-])OCCCBr)[N+](=O)[O-]. The standard InChI is InChI=1S/C5H6BrN3O4/c6-2-1-3-13-5(10)4(8-7)9(11)12/h1-3H2. The lowest BCUT2D eigenvalue weighted by Crippen LogP contribution is -2.15. The largest absolute Gasteiger partial charge is 0.689 e. The van der Waals surface area contributed by atoms with Gasteiger partial charge in [-0.1, -0.05) is 15.9 Å². The summed E-state index contributed by atoms with van der Waals surface area (Å²) in [5.74, 6) is -2.46. The number of nitrogens with zero attached hydrogens (tertiary/aromatic N) is 3. The van der Waals surface area contributed by atoms with Gasteiger partial charge in [-0.15, -0.1) is 0 Å². The van der Waals surface area contributed by atoms with Gasteiger partial charge in [0.15, 0.2) is 4.92 Å². The Morgan fingerprint density at radius 3 is 2.69 bits per heavy atom. The number of rotatable bonds is 5. The summed E-state index contributed by atoms with van der Waals surface area (Å²) >= 11 is 3.08. The summed E-state index contributed by atoms with van der Waals surface area (Å²) < 4.78 is 4.40. The highest BCUT2D eigenvalue weighted by Gasteiger charge is 2.28. The van der Waals surface area contributed by atoms with Gasteiger partial charge in [-0.3, -0.25) is 10.1 Å². The molecule has 0 saturated carbocycles. The van der Waals surface area contributed by atoms with E-state index in [9.17, 15) is 15.2 Å². The van der Waals surface area contributed by atoms with Crippen molar-refractivity contribution < 1.29 is 14.8 Å². The molecule has 0 aromatic heterocycles. The van der Waals surface area contributed by atoms with Crippen LogP contribution in [0.4, 0.5) is 0 Å². The van der Waals surface area contributed by atoms with E-state index in [-0.39, 0.29) is 6.61 Å². The fraction of sp³-hybridized carbons (Fsp3) is 0.600. The second kappa shape index (κ2) is 6.19. The fourth-order valence-corrected chi connectivity index (χ4v) is 0.665. The third-order valence-corrected chi connectivity index (χ3v) is 1.52. The summed E-state index contributed by atoms with van der Waals surface area (Å²) in [6, 6.07) is 0. The molecule has 0 saturated heterocycles. The van der Waals surface area contributed by atoms with E-state index in [1.807, 2.05) is 0 Å². The fourth-order valence-electron chi connectivity index (χ4n) is 0.436. The van der Waals surface area contributed by atoms with Crippen molar-refractivity contribution in [2.45, 2.75) is 6.42 Å². The molecule has 0 atom stereocenters. The highest BCUT2D eigenvalue weighted by atomic mass is 79.9. The van der Waals surface area contributed by atoms with Crippen molar-refractivity contribution >= 4 is 15.9 Å². The van der Waals surface area contributed by atoms with E-state index >= 15 is 0 Å². The topological polar surface area (TPSA) is 104 Å². The second-order valence-electron chi connectivity index (χ2n) is 1.86. The Morgan fingerprint density at radius 2 is 2.31 bits per heavy atom. The average Bonchev–Trinajstić information content (AvgIpc) is 2.05. The Balaban J connectivity index is 4.25. The first-order valence-electron chi connectivity index (χ1n) is 3.23. The lowest BCUT2D eigenvalue weighted by molar-refractivity contribution is -0.451. The molecule has 0 spiro atoms. The first-order valence-corrected chi connectivity index (χ1v) is 4.35. The van der Waals surface area contributed by atoms with Gasteiger partial charge in [0.1, 0.15) is 0 Å². The van der Waals surface area contributed by atoms with E-state index in [1.165, 1.54) is 0 Å². The van der Waals surface area contributed by atoms with Crippen LogP contribution in [0, 0.1) is 15.5 Å². The molecule has 0 heterocycles. The van der Waals surface area contributed by atoms with Crippen molar-refractivity contribution in [1.29, 1.82) is 5.39 Å². The molecule has 0 fully saturated rings. The van der Waals surface area contributed by atoms with Gasteiger partial charge in [0.25, 0.3) is 4.98 Å². The number of alkyl halides is 1. The molecule has 0 bridgehead atoms. The number of ether oxygens (including phenoxy) is 1. The molecular weight excluding hydrogens is 246 g/mol. The number of hydrogen-bond donors (Lipinski definition) is 0. The number of nitro groups is 1. The maximum Gasteiger partial charge on any atom is 0.689 e. The summed E-state index contributed by atoms with van der Waals surface area (Å²) in [6.07, 6.45) is 0.530. The summed E-state index contributed by atoms with van der Waals surface area (Å²) in [7, 11) is 0. The third-order valence-electron chi connectivity index (χ3n) is 0.961. The number of halogens is 1. The van der Waals surface area contributed by atoms with Crippen LogP contribution in [-0.2, 0) is 4.74 Å². The van der Waals surface area contributed by atoms with Crippen LogP contribution in [0.15, 0.2) is 11.8 Å². The average molecular weight is 252 g/mol. The molecule has 0 aliphatic carbocycles. The number of diazo groups is 1. The maximum absolute atomic E-state index is 10.7. The van der Waals surface area contributed by atoms with Gasteiger partial charge in [0, 0.05) is 5.33 Å². The number of hydrogen-bond acceptors (Lipinski definition) is 5. The molecule has 0 aromatic carbocycles. The van der Waals surface area contributed by atoms with E-state index in [0.29, 0.717) is 11.8 Å². The summed E-state index contributed by atoms with van der Waals surface area (Å²) in [4.78, 5) is 11.1. The summed E-state index contributed by atoms with van der Waals surface area (Å²) in [5, 5.41) is 29.4. The van der Waals surface area contributed by atoms with Gasteiger partial charge in [0.05, 0.1) is 0 Å². The Hall–Kier alpha value is -1.36. The molecule has 8 heteroatoms. The molecule has 13 heavy (non-hydrogen) atoms. The first-order chi connectivity index (χ1) is 6.13. The van der Waals surface area contributed by atoms with Gasteiger partial charge >= 0.3 is 5.82 Å². The second-order valence-corrected chi connectivity index (χ2v) is 2.65. The van der Waals surface area contributed by atoms with E-state index in [1.54, 1.807) is 0 Å². The molecule has 72 valence electrons. The minimum absolute atomic E-state index is 0.0386. The van der Waals surface area contributed by atoms with Crippen LogP contribution >= 0.6 is 15.9 Å². The van der Waals surface area contributed by atoms with Crippen molar-refractivity contribution in [3.05, 3.63) is 26.9 Å². The predicted molar refractivity (Wildman–Crippen MR) is 43.5 cm³/mol. The summed E-state index contributed by atoms with van der Waals surface area (Å²) in [6.45, 7) is 0.0386. The molecule has 7 nitrogen and oxygen atoms in total. The van der Waals surface area contributed by atoms with Gasteiger partial charge in [-0.25, -0.2) is 0 Å². The van der Waals surface area contributed by atoms with E-state index in [4.69, 9.17) is 5.39 Å². The van der Waals surface area contributed by atoms with Crippen molar-refractivity contribution in [3.8, 4) is 0 Å². The van der Waals surface area contributed by atoms with Gasteiger partial charge in [-0.2, -0.15) is 0 Å². The Bertz CT molecular complexity index is 259. The lowest BCUT2D eigenvalue weighted by Gasteiger charge is -2.08. The zero-order valence-electron chi connectivity index (χ0n) is 6.47. The van der Waals surface area contributed by atoms with Crippen molar-refractivity contribution in [3.63, 3.8) is 0 Å². The Labute approximate surface area is 81.9 Å². The Morgan fingerprint density at radius 1 is 1.69 bits per heavy atom. The van der Waals surface area contributed by atoms with Crippen molar-refractivity contribution in [2.75, 3.05) is 11.9 Å². The smallest absolute Gasteiger partial charge is 0.603 e. The Kier molecular flexibility index (Phi) is 5.54.